The number of morpholine rings is 1. The van der Waals surface area contributed by atoms with Crippen LogP contribution in [-0.2, 0) is 11.3 Å². The normalized spacial score (nSPS) is 14.0. The van der Waals surface area contributed by atoms with Crippen molar-refractivity contribution in [1.82, 2.24) is 9.97 Å². The Balaban J connectivity index is 1.47. The number of benzene rings is 2. The molecule has 1 aliphatic heterocycles. The van der Waals surface area contributed by atoms with E-state index in [4.69, 9.17) is 4.74 Å². The van der Waals surface area contributed by atoms with Crippen LogP contribution in [0.3, 0.4) is 0 Å². The van der Waals surface area contributed by atoms with Crippen LogP contribution in [0.25, 0.3) is 0 Å². The summed E-state index contributed by atoms with van der Waals surface area (Å²) in [6.45, 7) is 6.11. The third kappa shape index (κ3) is 4.40. The molecular weight excluding hydrogens is 350 g/mol. The van der Waals surface area contributed by atoms with E-state index in [0.717, 1.165) is 37.8 Å². The van der Waals surface area contributed by atoms with Gasteiger partial charge in [0.05, 0.1) is 24.6 Å². The highest BCUT2D eigenvalue weighted by Gasteiger charge is 2.14. The standard InChI is InChI=1S/C22H25N5O/c1-17-6-2-3-7-18(17)16-24-22-23-11-10-21(26-22)25-19-8-4-5-9-20(19)27-12-14-28-15-13-27/h2-11H,12-16H2,1H3,(H2,23,24,25,26). The van der Waals surface area contributed by atoms with Gasteiger partial charge in [0.1, 0.15) is 5.82 Å². The molecule has 0 amide bonds. The average Bonchev–Trinajstić information content (AvgIpc) is 2.74. The molecule has 6 heteroatoms. The number of nitrogens with one attached hydrogen (secondary N) is 2. The van der Waals surface area contributed by atoms with Crippen LogP contribution in [0.5, 0.6) is 0 Å². The average molecular weight is 375 g/mol. The Kier molecular flexibility index (Phi) is 5.68. The number of aryl methyl sites for hydroxylation is 1. The van der Waals surface area contributed by atoms with E-state index in [2.05, 4.69) is 62.8 Å². The summed E-state index contributed by atoms with van der Waals surface area (Å²) in [5, 5.41) is 6.76. The quantitative estimate of drug-likeness (QED) is 0.680. The van der Waals surface area contributed by atoms with Gasteiger partial charge in [0.2, 0.25) is 5.95 Å². The largest absolute Gasteiger partial charge is 0.378 e. The van der Waals surface area contributed by atoms with Crippen LogP contribution in [0.1, 0.15) is 11.1 Å². The summed E-state index contributed by atoms with van der Waals surface area (Å²) in [5.74, 6) is 1.38. The van der Waals surface area contributed by atoms with E-state index in [1.165, 1.54) is 16.8 Å². The van der Waals surface area contributed by atoms with Crippen LogP contribution in [0.4, 0.5) is 23.1 Å². The molecule has 0 unspecified atom stereocenters. The second kappa shape index (κ2) is 8.71. The van der Waals surface area contributed by atoms with E-state index in [1.807, 2.05) is 24.3 Å². The predicted octanol–water partition coefficient (Wildman–Crippen LogP) is 3.98. The topological polar surface area (TPSA) is 62.3 Å². The molecule has 1 aliphatic rings. The summed E-state index contributed by atoms with van der Waals surface area (Å²) in [5.41, 5.74) is 4.69. The smallest absolute Gasteiger partial charge is 0.224 e. The lowest BCUT2D eigenvalue weighted by molar-refractivity contribution is 0.123. The highest BCUT2D eigenvalue weighted by Crippen LogP contribution is 2.28. The maximum atomic E-state index is 5.48. The molecule has 6 nitrogen and oxygen atoms in total. The molecule has 2 heterocycles. The van der Waals surface area contributed by atoms with Crippen molar-refractivity contribution >= 4 is 23.1 Å². The van der Waals surface area contributed by atoms with Gasteiger partial charge in [-0.1, -0.05) is 36.4 Å². The Hall–Kier alpha value is -3.12. The van der Waals surface area contributed by atoms with Gasteiger partial charge in [-0.25, -0.2) is 4.98 Å². The zero-order valence-electron chi connectivity index (χ0n) is 16.1. The van der Waals surface area contributed by atoms with Gasteiger partial charge in [-0.2, -0.15) is 4.98 Å². The van der Waals surface area contributed by atoms with Crippen molar-refractivity contribution in [3.05, 3.63) is 71.9 Å². The van der Waals surface area contributed by atoms with E-state index in [0.29, 0.717) is 12.5 Å². The molecule has 28 heavy (non-hydrogen) atoms. The van der Waals surface area contributed by atoms with E-state index in [9.17, 15) is 0 Å². The molecule has 4 rings (SSSR count). The second-order valence-corrected chi connectivity index (χ2v) is 6.79. The first-order valence-electron chi connectivity index (χ1n) is 9.60. The Morgan fingerprint density at radius 1 is 1.00 bits per heavy atom. The number of hydrogen-bond donors (Lipinski definition) is 2. The van der Waals surface area contributed by atoms with E-state index in [1.54, 1.807) is 6.20 Å². The van der Waals surface area contributed by atoms with Gasteiger partial charge in [-0.3, -0.25) is 0 Å². The number of nitrogens with zero attached hydrogens (tertiary/aromatic N) is 3. The predicted molar refractivity (Wildman–Crippen MR) is 113 cm³/mol. The fraction of sp³-hybridized carbons (Fsp3) is 0.273. The first-order chi connectivity index (χ1) is 13.8. The van der Waals surface area contributed by atoms with Gasteiger partial charge in [0.25, 0.3) is 0 Å². The molecule has 0 bridgehead atoms. The number of rotatable bonds is 6. The Bertz CT molecular complexity index is 924. The second-order valence-electron chi connectivity index (χ2n) is 6.79. The Labute approximate surface area is 165 Å². The minimum absolute atomic E-state index is 0.608. The first kappa shape index (κ1) is 18.3. The van der Waals surface area contributed by atoms with Gasteiger partial charge in [-0.05, 0) is 36.2 Å². The van der Waals surface area contributed by atoms with Crippen molar-refractivity contribution < 1.29 is 4.74 Å². The number of anilines is 4. The monoisotopic (exact) mass is 375 g/mol. The number of ether oxygens (including phenoxy) is 1. The van der Waals surface area contributed by atoms with E-state index >= 15 is 0 Å². The minimum Gasteiger partial charge on any atom is -0.378 e. The van der Waals surface area contributed by atoms with Crippen molar-refractivity contribution in [3.8, 4) is 0 Å². The van der Waals surface area contributed by atoms with Gasteiger partial charge < -0.3 is 20.3 Å². The molecule has 0 spiro atoms. The zero-order valence-corrected chi connectivity index (χ0v) is 16.1. The number of para-hydroxylation sites is 2. The molecule has 2 N–H and O–H groups in total. The summed E-state index contributed by atoms with van der Waals surface area (Å²) in [6.07, 6.45) is 1.77. The molecule has 3 aromatic rings. The SMILES string of the molecule is Cc1ccccc1CNc1nccc(Nc2ccccc2N2CCOCC2)n1. The molecule has 1 saturated heterocycles. The number of aromatic nitrogens is 2. The Morgan fingerprint density at radius 3 is 2.64 bits per heavy atom. The van der Waals surface area contributed by atoms with Gasteiger partial charge in [0.15, 0.2) is 0 Å². The third-order valence-electron chi connectivity index (χ3n) is 4.87. The summed E-state index contributed by atoms with van der Waals surface area (Å²) < 4.78 is 5.48. The van der Waals surface area contributed by atoms with E-state index in [-0.39, 0.29) is 0 Å². The van der Waals surface area contributed by atoms with E-state index < -0.39 is 0 Å². The fourth-order valence-electron chi connectivity index (χ4n) is 3.29. The van der Waals surface area contributed by atoms with Crippen LogP contribution < -0.4 is 15.5 Å². The maximum Gasteiger partial charge on any atom is 0.224 e. The first-order valence-corrected chi connectivity index (χ1v) is 9.60. The van der Waals surface area contributed by atoms with Crippen LogP contribution in [0, 0.1) is 6.92 Å². The third-order valence-corrected chi connectivity index (χ3v) is 4.87. The lowest BCUT2D eigenvalue weighted by atomic mass is 10.1. The molecular formula is C22H25N5O. The molecule has 144 valence electrons. The van der Waals surface area contributed by atoms with Crippen molar-refractivity contribution in [2.45, 2.75) is 13.5 Å². The molecule has 1 aromatic heterocycles. The molecule has 2 aromatic carbocycles. The summed E-state index contributed by atoms with van der Waals surface area (Å²) in [4.78, 5) is 11.3. The Morgan fingerprint density at radius 2 is 1.79 bits per heavy atom. The zero-order chi connectivity index (χ0) is 19.2. The molecule has 1 fully saturated rings. The van der Waals surface area contributed by atoms with Crippen molar-refractivity contribution in [1.29, 1.82) is 0 Å². The highest BCUT2D eigenvalue weighted by molar-refractivity contribution is 5.74. The lowest BCUT2D eigenvalue weighted by Gasteiger charge is -2.30. The van der Waals surface area contributed by atoms with Crippen molar-refractivity contribution in [2.24, 2.45) is 0 Å². The summed E-state index contributed by atoms with van der Waals surface area (Å²) in [6, 6.07) is 18.5. The van der Waals surface area contributed by atoms with Gasteiger partial charge in [-0.15, -0.1) is 0 Å². The fourth-order valence-corrected chi connectivity index (χ4v) is 3.29. The van der Waals surface area contributed by atoms with Crippen LogP contribution >= 0.6 is 0 Å². The van der Waals surface area contributed by atoms with Crippen molar-refractivity contribution in [2.75, 3.05) is 41.8 Å². The van der Waals surface area contributed by atoms with Crippen LogP contribution in [0.2, 0.25) is 0 Å². The molecule has 0 saturated carbocycles. The number of hydrogen-bond acceptors (Lipinski definition) is 6. The van der Waals surface area contributed by atoms with Crippen molar-refractivity contribution in [3.63, 3.8) is 0 Å². The molecule has 0 atom stereocenters. The van der Waals surface area contributed by atoms with Gasteiger partial charge in [0, 0.05) is 25.8 Å². The lowest BCUT2D eigenvalue weighted by Crippen LogP contribution is -2.36. The van der Waals surface area contributed by atoms with Crippen LogP contribution in [0.15, 0.2) is 60.8 Å². The van der Waals surface area contributed by atoms with Gasteiger partial charge >= 0.3 is 0 Å². The maximum absolute atomic E-state index is 5.48. The summed E-state index contributed by atoms with van der Waals surface area (Å²) in [7, 11) is 0. The highest BCUT2D eigenvalue weighted by atomic mass is 16.5. The summed E-state index contributed by atoms with van der Waals surface area (Å²) >= 11 is 0. The molecule has 0 radical (unpaired) electrons. The van der Waals surface area contributed by atoms with Crippen LogP contribution in [-0.4, -0.2) is 36.3 Å². The molecule has 0 aliphatic carbocycles. The minimum atomic E-state index is 0.608.